The van der Waals surface area contributed by atoms with Crippen molar-refractivity contribution in [3.8, 4) is 0 Å². The molecule has 0 aliphatic heterocycles. The summed E-state index contributed by atoms with van der Waals surface area (Å²) in [5.74, 6) is 0.0285. The summed E-state index contributed by atoms with van der Waals surface area (Å²) in [6, 6.07) is 7.22. The smallest absolute Gasteiger partial charge is 0.407 e. The number of nitrogens with one attached hydrogen (secondary N) is 2. The summed E-state index contributed by atoms with van der Waals surface area (Å²) >= 11 is 0. The number of hydrogen-bond donors (Lipinski definition) is 3. The molecule has 6 nitrogen and oxygen atoms in total. The molecule has 1 rings (SSSR count). The van der Waals surface area contributed by atoms with Gasteiger partial charge in [-0.25, -0.2) is 4.79 Å². The van der Waals surface area contributed by atoms with E-state index in [4.69, 9.17) is 4.74 Å². The molecule has 0 spiro atoms. The van der Waals surface area contributed by atoms with Gasteiger partial charge in [0.1, 0.15) is 5.60 Å². The fraction of sp³-hybridized carbons (Fsp3) is 0.636. The number of alkyl carbamates (subject to hydrolysis) is 1. The van der Waals surface area contributed by atoms with E-state index >= 15 is 0 Å². The Hall–Kier alpha value is -2.08. The highest BCUT2D eigenvalue weighted by Crippen LogP contribution is 2.22. The average molecular weight is 393 g/mol. The lowest BCUT2D eigenvalue weighted by molar-refractivity contribution is -0.120. The molecule has 28 heavy (non-hydrogen) atoms. The van der Waals surface area contributed by atoms with Gasteiger partial charge in [-0.15, -0.1) is 0 Å². The number of unbranched alkanes of at least 4 members (excludes halogenated alkanes) is 1. The minimum atomic E-state index is -0.742. The van der Waals surface area contributed by atoms with E-state index in [1.165, 1.54) is 0 Å². The van der Waals surface area contributed by atoms with Crippen LogP contribution in [-0.4, -0.2) is 29.3 Å². The van der Waals surface area contributed by atoms with Crippen LogP contribution in [0, 0.1) is 5.92 Å². The first kappa shape index (κ1) is 24.0. The number of carbonyl (C=O) groups is 2. The third kappa shape index (κ3) is 9.22. The summed E-state index contributed by atoms with van der Waals surface area (Å²) in [5, 5.41) is 16.0. The van der Waals surface area contributed by atoms with Crippen LogP contribution >= 0.6 is 0 Å². The van der Waals surface area contributed by atoms with E-state index in [1.807, 2.05) is 25.1 Å². The molecule has 1 aromatic carbocycles. The summed E-state index contributed by atoms with van der Waals surface area (Å²) in [6.45, 7) is 9.83. The molecule has 0 fully saturated rings. The molecule has 0 aromatic heterocycles. The molecule has 6 heteroatoms. The van der Waals surface area contributed by atoms with Crippen molar-refractivity contribution in [2.75, 3.05) is 11.9 Å². The van der Waals surface area contributed by atoms with Gasteiger partial charge < -0.3 is 20.5 Å². The third-order valence-electron chi connectivity index (χ3n) is 4.39. The lowest BCUT2D eigenvalue weighted by Crippen LogP contribution is -2.33. The first-order chi connectivity index (χ1) is 13.2. The Balaban J connectivity index is 2.57. The largest absolute Gasteiger partial charge is 0.444 e. The lowest BCUT2D eigenvalue weighted by Gasteiger charge is -2.20. The topological polar surface area (TPSA) is 87.7 Å². The number of ether oxygens (including phenoxy) is 1. The standard InChI is InChI=1S/C22H36N2O4/c1-6-8-10-16(7-2)20(26)24-18-12-9-11-17(15-18)19(25)13-14-23-21(27)28-22(3,4)5/h9,11-12,15-16,19,25H,6-8,10,13-14H2,1-5H3,(H,23,27)(H,24,26). The first-order valence-electron chi connectivity index (χ1n) is 10.2. The predicted octanol–water partition coefficient (Wildman–Crippen LogP) is 4.79. The van der Waals surface area contributed by atoms with Gasteiger partial charge in [0.2, 0.25) is 5.91 Å². The maximum Gasteiger partial charge on any atom is 0.407 e. The highest BCUT2D eigenvalue weighted by atomic mass is 16.6. The Bertz CT molecular complexity index is 625. The van der Waals surface area contributed by atoms with E-state index in [2.05, 4.69) is 17.6 Å². The zero-order chi connectivity index (χ0) is 21.2. The molecule has 0 aliphatic carbocycles. The molecule has 2 unspecified atom stereocenters. The fourth-order valence-electron chi connectivity index (χ4n) is 2.83. The van der Waals surface area contributed by atoms with Crippen molar-refractivity contribution in [2.45, 2.75) is 78.4 Å². The van der Waals surface area contributed by atoms with Crippen molar-refractivity contribution in [2.24, 2.45) is 5.92 Å². The molecular weight excluding hydrogens is 356 g/mol. The van der Waals surface area contributed by atoms with Crippen LogP contribution in [0.5, 0.6) is 0 Å². The molecule has 1 aromatic rings. The molecule has 3 N–H and O–H groups in total. The highest BCUT2D eigenvalue weighted by Gasteiger charge is 2.18. The Morgan fingerprint density at radius 3 is 2.50 bits per heavy atom. The molecule has 0 saturated carbocycles. The highest BCUT2D eigenvalue weighted by molar-refractivity contribution is 5.92. The van der Waals surface area contributed by atoms with Gasteiger partial charge in [0, 0.05) is 18.2 Å². The Morgan fingerprint density at radius 2 is 1.89 bits per heavy atom. The molecule has 2 atom stereocenters. The number of anilines is 1. The van der Waals surface area contributed by atoms with Crippen LogP contribution in [0.25, 0.3) is 0 Å². The third-order valence-corrected chi connectivity index (χ3v) is 4.39. The van der Waals surface area contributed by atoms with Crippen LogP contribution in [0.1, 0.15) is 78.4 Å². The molecule has 0 aliphatic rings. The van der Waals surface area contributed by atoms with Crippen LogP contribution in [-0.2, 0) is 9.53 Å². The van der Waals surface area contributed by atoms with Crippen molar-refractivity contribution < 1.29 is 19.4 Å². The number of carbonyl (C=O) groups excluding carboxylic acids is 2. The van der Waals surface area contributed by atoms with E-state index in [0.29, 0.717) is 24.2 Å². The van der Waals surface area contributed by atoms with Crippen molar-refractivity contribution in [1.29, 1.82) is 0 Å². The summed E-state index contributed by atoms with van der Waals surface area (Å²) in [4.78, 5) is 24.1. The zero-order valence-electron chi connectivity index (χ0n) is 17.9. The average Bonchev–Trinajstić information content (AvgIpc) is 2.61. The normalized spacial score (nSPS) is 13.5. The monoisotopic (exact) mass is 392 g/mol. The second-order valence-electron chi connectivity index (χ2n) is 8.10. The summed E-state index contributed by atoms with van der Waals surface area (Å²) in [5.41, 5.74) is 0.824. The molecule has 0 bridgehead atoms. The predicted molar refractivity (Wildman–Crippen MR) is 112 cm³/mol. The molecule has 0 saturated heterocycles. The number of amides is 2. The van der Waals surface area contributed by atoms with E-state index in [-0.39, 0.29) is 11.8 Å². The van der Waals surface area contributed by atoms with E-state index < -0.39 is 17.8 Å². The molecule has 2 amide bonds. The zero-order valence-corrected chi connectivity index (χ0v) is 17.9. The maximum absolute atomic E-state index is 12.5. The Morgan fingerprint density at radius 1 is 1.18 bits per heavy atom. The summed E-state index contributed by atoms with van der Waals surface area (Å²) in [6.07, 6.45) is 2.91. The molecular formula is C22H36N2O4. The number of benzene rings is 1. The van der Waals surface area contributed by atoms with Gasteiger partial charge in [-0.3, -0.25) is 4.79 Å². The van der Waals surface area contributed by atoms with Crippen LogP contribution in [0.2, 0.25) is 0 Å². The molecule has 0 radical (unpaired) electrons. The van der Waals surface area contributed by atoms with Gasteiger partial charge in [0.05, 0.1) is 6.10 Å². The molecule has 158 valence electrons. The summed E-state index contributed by atoms with van der Waals surface area (Å²) < 4.78 is 5.17. The van der Waals surface area contributed by atoms with Gasteiger partial charge in [0.15, 0.2) is 0 Å². The van der Waals surface area contributed by atoms with Gasteiger partial charge in [-0.2, -0.15) is 0 Å². The van der Waals surface area contributed by atoms with Crippen LogP contribution in [0.15, 0.2) is 24.3 Å². The fourth-order valence-corrected chi connectivity index (χ4v) is 2.83. The van der Waals surface area contributed by atoms with Crippen molar-refractivity contribution in [3.05, 3.63) is 29.8 Å². The van der Waals surface area contributed by atoms with Crippen molar-refractivity contribution >= 4 is 17.7 Å². The van der Waals surface area contributed by atoms with E-state index in [0.717, 1.165) is 25.7 Å². The number of aliphatic hydroxyl groups excluding tert-OH is 1. The second-order valence-corrected chi connectivity index (χ2v) is 8.10. The SMILES string of the molecule is CCCCC(CC)C(=O)Nc1cccc(C(O)CCNC(=O)OC(C)(C)C)c1. The van der Waals surface area contributed by atoms with Gasteiger partial charge in [-0.1, -0.05) is 38.8 Å². The van der Waals surface area contributed by atoms with Crippen LogP contribution < -0.4 is 10.6 Å². The summed E-state index contributed by atoms with van der Waals surface area (Å²) in [7, 11) is 0. The first-order valence-corrected chi connectivity index (χ1v) is 10.2. The second kappa shape index (κ2) is 11.7. The minimum Gasteiger partial charge on any atom is -0.444 e. The van der Waals surface area contributed by atoms with E-state index in [1.54, 1.807) is 26.8 Å². The maximum atomic E-state index is 12.5. The van der Waals surface area contributed by atoms with Gasteiger partial charge in [0.25, 0.3) is 0 Å². The van der Waals surface area contributed by atoms with Gasteiger partial charge >= 0.3 is 6.09 Å². The quantitative estimate of drug-likeness (QED) is 0.534. The Kier molecular flexibility index (Phi) is 10.0. The van der Waals surface area contributed by atoms with Gasteiger partial charge in [-0.05, 0) is 57.7 Å². The molecule has 0 heterocycles. The lowest BCUT2D eigenvalue weighted by atomic mass is 9.98. The number of aliphatic hydroxyl groups is 1. The van der Waals surface area contributed by atoms with Crippen LogP contribution in [0.3, 0.4) is 0 Å². The Labute approximate surface area is 169 Å². The van der Waals surface area contributed by atoms with E-state index in [9.17, 15) is 14.7 Å². The number of hydrogen-bond acceptors (Lipinski definition) is 4. The van der Waals surface area contributed by atoms with Crippen molar-refractivity contribution in [1.82, 2.24) is 5.32 Å². The van der Waals surface area contributed by atoms with Crippen molar-refractivity contribution in [3.63, 3.8) is 0 Å². The minimum absolute atomic E-state index is 0.00607. The number of rotatable bonds is 10. The van der Waals surface area contributed by atoms with Crippen LogP contribution in [0.4, 0.5) is 10.5 Å².